The maximum absolute atomic E-state index is 12.4. The second-order valence-corrected chi connectivity index (χ2v) is 8.03. The van der Waals surface area contributed by atoms with Gasteiger partial charge in [-0.2, -0.15) is 0 Å². The molecule has 2 aromatic rings. The summed E-state index contributed by atoms with van der Waals surface area (Å²) in [6.45, 7) is 9.38. The molecule has 0 spiro atoms. The van der Waals surface area contributed by atoms with Crippen molar-refractivity contribution in [1.82, 2.24) is 4.72 Å². The Labute approximate surface area is 160 Å². The van der Waals surface area contributed by atoms with Crippen LogP contribution in [0.2, 0.25) is 0 Å². The molecule has 0 radical (unpaired) electrons. The molecule has 0 saturated heterocycles. The van der Waals surface area contributed by atoms with E-state index in [1.54, 1.807) is 12.1 Å². The Bertz CT molecular complexity index is 919. The third kappa shape index (κ3) is 5.67. The molecule has 0 aromatic heterocycles. The van der Waals surface area contributed by atoms with Crippen LogP contribution in [0, 0.1) is 6.92 Å². The summed E-state index contributed by atoms with van der Waals surface area (Å²) in [5.74, 6) is 0.417. The number of ether oxygens (including phenoxy) is 1. The molecule has 0 atom stereocenters. The molecule has 0 fully saturated rings. The molecule has 0 saturated carbocycles. The zero-order valence-electron chi connectivity index (χ0n) is 15.7. The maximum Gasteiger partial charge on any atom is 0.255 e. The van der Waals surface area contributed by atoms with Crippen molar-refractivity contribution in [3.8, 4) is 5.75 Å². The van der Waals surface area contributed by atoms with Crippen molar-refractivity contribution in [2.45, 2.75) is 31.8 Å². The summed E-state index contributed by atoms with van der Waals surface area (Å²) in [6.07, 6.45) is 1.53. The van der Waals surface area contributed by atoms with Crippen LogP contribution in [0.5, 0.6) is 5.75 Å². The quantitative estimate of drug-likeness (QED) is 0.678. The van der Waals surface area contributed by atoms with Crippen molar-refractivity contribution >= 4 is 21.6 Å². The minimum Gasteiger partial charge on any atom is -0.491 e. The number of sulfonamides is 1. The van der Waals surface area contributed by atoms with E-state index in [1.807, 2.05) is 26.8 Å². The van der Waals surface area contributed by atoms with Gasteiger partial charge in [0, 0.05) is 17.8 Å². The van der Waals surface area contributed by atoms with Crippen molar-refractivity contribution < 1.29 is 17.9 Å². The lowest BCUT2D eigenvalue weighted by atomic mass is 10.1. The van der Waals surface area contributed by atoms with Gasteiger partial charge in [-0.25, -0.2) is 13.1 Å². The van der Waals surface area contributed by atoms with Crippen LogP contribution in [-0.4, -0.2) is 27.0 Å². The van der Waals surface area contributed by atoms with E-state index in [-0.39, 0.29) is 23.5 Å². The van der Waals surface area contributed by atoms with Crippen LogP contribution in [0.1, 0.15) is 29.8 Å². The highest BCUT2D eigenvalue weighted by Crippen LogP contribution is 2.23. The Morgan fingerprint density at radius 2 is 1.85 bits per heavy atom. The Morgan fingerprint density at radius 1 is 1.19 bits per heavy atom. The number of anilines is 1. The lowest BCUT2D eigenvalue weighted by Gasteiger charge is -2.13. The zero-order valence-corrected chi connectivity index (χ0v) is 16.5. The van der Waals surface area contributed by atoms with Gasteiger partial charge in [-0.3, -0.25) is 4.79 Å². The standard InChI is InChI=1S/C20H24N2O4S/c1-5-12-21-27(24,25)18-9-6-16(7-10-18)20(23)22-19-11-8-17(13-15(19)4)26-14(2)3/h5-11,13-14,21H,1,12H2,2-4H3,(H,22,23). The highest BCUT2D eigenvalue weighted by atomic mass is 32.2. The van der Waals surface area contributed by atoms with E-state index in [4.69, 9.17) is 4.74 Å². The number of nitrogens with one attached hydrogen (secondary N) is 2. The number of carbonyl (C=O) groups is 1. The molecule has 144 valence electrons. The minimum absolute atomic E-state index is 0.0700. The van der Waals surface area contributed by atoms with Gasteiger partial charge in [0.1, 0.15) is 5.75 Å². The lowest BCUT2D eigenvalue weighted by Crippen LogP contribution is -2.23. The molecule has 7 heteroatoms. The Hall–Kier alpha value is -2.64. The third-order valence-electron chi connectivity index (χ3n) is 3.66. The third-order valence-corrected chi connectivity index (χ3v) is 5.10. The molecule has 2 N–H and O–H groups in total. The number of rotatable bonds is 8. The van der Waals surface area contributed by atoms with Gasteiger partial charge >= 0.3 is 0 Å². The van der Waals surface area contributed by atoms with E-state index in [1.165, 1.54) is 30.3 Å². The highest BCUT2D eigenvalue weighted by Gasteiger charge is 2.14. The number of carbonyl (C=O) groups excluding carboxylic acids is 1. The summed E-state index contributed by atoms with van der Waals surface area (Å²) in [5.41, 5.74) is 1.90. The predicted octanol–water partition coefficient (Wildman–Crippen LogP) is 3.50. The molecule has 0 aliphatic carbocycles. The van der Waals surface area contributed by atoms with Gasteiger partial charge in [0.05, 0.1) is 11.0 Å². The molecular weight excluding hydrogens is 364 g/mol. The fraction of sp³-hybridized carbons (Fsp3) is 0.250. The van der Waals surface area contributed by atoms with Crippen LogP contribution in [-0.2, 0) is 10.0 Å². The fourth-order valence-electron chi connectivity index (χ4n) is 2.35. The molecule has 1 amide bonds. The van der Waals surface area contributed by atoms with Gasteiger partial charge in [0.25, 0.3) is 5.91 Å². The number of hydrogen-bond donors (Lipinski definition) is 2. The highest BCUT2D eigenvalue weighted by molar-refractivity contribution is 7.89. The summed E-state index contributed by atoms with van der Waals surface area (Å²) in [5, 5.41) is 2.83. The molecule has 0 heterocycles. The van der Waals surface area contributed by atoms with Crippen LogP contribution >= 0.6 is 0 Å². The van der Waals surface area contributed by atoms with E-state index in [0.29, 0.717) is 11.3 Å². The van der Waals surface area contributed by atoms with Gasteiger partial charge in [-0.15, -0.1) is 6.58 Å². The largest absolute Gasteiger partial charge is 0.491 e. The Morgan fingerprint density at radius 3 is 2.41 bits per heavy atom. The fourth-order valence-corrected chi connectivity index (χ4v) is 3.35. The van der Waals surface area contributed by atoms with E-state index in [2.05, 4.69) is 16.6 Å². The second kappa shape index (κ2) is 8.83. The average molecular weight is 388 g/mol. The van der Waals surface area contributed by atoms with Crippen molar-refractivity contribution in [3.05, 3.63) is 66.2 Å². The summed E-state index contributed by atoms with van der Waals surface area (Å²) in [4.78, 5) is 12.5. The molecule has 0 bridgehead atoms. The first-order valence-electron chi connectivity index (χ1n) is 8.52. The van der Waals surface area contributed by atoms with Crippen molar-refractivity contribution in [2.24, 2.45) is 0 Å². The van der Waals surface area contributed by atoms with E-state index >= 15 is 0 Å². The number of benzene rings is 2. The first-order chi connectivity index (χ1) is 12.7. The van der Waals surface area contributed by atoms with Crippen molar-refractivity contribution in [2.75, 3.05) is 11.9 Å². The van der Waals surface area contributed by atoms with Gasteiger partial charge in [-0.1, -0.05) is 6.08 Å². The molecule has 0 aliphatic rings. The number of amides is 1. The smallest absolute Gasteiger partial charge is 0.255 e. The first kappa shape index (κ1) is 20.7. The molecular formula is C20H24N2O4S. The van der Waals surface area contributed by atoms with Crippen LogP contribution in [0.3, 0.4) is 0 Å². The van der Waals surface area contributed by atoms with Crippen LogP contribution < -0.4 is 14.8 Å². The molecule has 2 aromatic carbocycles. The van der Waals surface area contributed by atoms with Crippen LogP contribution in [0.25, 0.3) is 0 Å². The average Bonchev–Trinajstić information content (AvgIpc) is 2.62. The van der Waals surface area contributed by atoms with Gasteiger partial charge in [0.2, 0.25) is 10.0 Å². The molecule has 0 aliphatic heterocycles. The molecule has 6 nitrogen and oxygen atoms in total. The van der Waals surface area contributed by atoms with Crippen molar-refractivity contribution in [1.29, 1.82) is 0 Å². The summed E-state index contributed by atoms with van der Waals surface area (Å²) in [6, 6.07) is 11.2. The minimum atomic E-state index is -3.61. The predicted molar refractivity (Wildman–Crippen MR) is 107 cm³/mol. The zero-order chi connectivity index (χ0) is 20.0. The van der Waals surface area contributed by atoms with Gasteiger partial charge in [0.15, 0.2) is 0 Å². The molecule has 27 heavy (non-hydrogen) atoms. The van der Waals surface area contributed by atoms with E-state index in [0.717, 1.165) is 11.3 Å². The molecule has 2 rings (SSSR count). The normalized spacial score (nSPS) is 11.3. The van der Waals surface area contributed by atoms with E-state index < -0.39 is 10.0 Å². The lowest BCUT2D eigenvalue weighted by molar-refractivity contribution is 0.102. The van der Waals surface area contributed by atoms with Crippen molar-refractivity contribution in [3.63, 3.8) is 0 Å². The monoisotopic (exact) mass is 388 g/mol. The Balaban J connectivity index is 2.11. The SMILES string of the molecule is C=CCNS(=O)(=O)c1ccc(C(=O)Nc2ccc(OC(C)C)cc2C)cc1. The summed E-state index contributed by atoms with van der Waals surface area (Å²) in [7, 11) is -3.61. The van der Waals surface area contributed by atoms with Crippen LogP contribution in [0.15, 0.2) is 60.0 Å². The number of hydrogen-bond acceptors (Lipinski definition) is 4. The van der Waals surface area contributed by atoms with Gasteiger partial charge in [-0.05, 0) is 68.8 Å². The number of aryl methyl sites for hydroxylation is 1. The summed E-state index contributed by atoms with van der Waals surface area (Å²) >= 11 is 0. The van der Waals surface area contributed by atoms with Gasteiger partial charge < -0.3 is 10.1 Å². The summed E-state index contributed by atoms with van der Waals surface area (Å²) < 4.78 is 32.1. The topological polar surface area (TPSA) is 84.5 Å². The maximum atomic E-state index is 12.4. The van der Waals surface area contributed by atoms with E-state index in [9.17, 15) is 13.2 Å². The first-order valence-corrected chi connectivity index (χ1v) is 10.0. The Kier molecular flexibility index (Phi) is 6.76. The second-order valence-electron chi connectivity index (χ2n) is 6.26. The van der Waals surface area contributed by atoms with Crippen LogP contribution in [0.4, 0.5) is 5.69 Å². The molecule has 0 unspecified atom stereocenters.